The van der Waals surface area contributed by atoms with E-state index < -0.39 is 0 Å². The smallest absolute Gasteiger partial charge is 0.274 e. The first-order chi connectivity index (χ1) is 7.63. The molecule has 0 radical (unpaired) electrons. The molecule has 0 saturated heterocycles. The van der Waals surface area contributed by atoms with Crippen LogP contribution in [0.1, 0.15) is 12.6 Å². The molecule has 0 aromatic carbocycles. The van der Waals surface area contributed by atoms with Crippen LogP contribution in [0.5, 0.6) is 0 Å². The number of aryl methyl sites for hydroxylation is 1. The largest absolute Gasteiger partial charge is 0.376 e. The molecule has 1 N–H and O–H groups in total. The summed E-state index contributed by atoms with van der Waals surface area (Å²) in [6, 6.07) is 1.94. The minimum Gasteiger partial charge on any atom is -0.376 e. The topological polar surface area (TPSA) is 47.0 Å². The van der Waals surface area contributed by atoms with E-state index in [-0.39, 0.29) is 5.56 Å². The van der Waals surface area contributed by atoms with Gasteiger partial charge in [0.2, 0.25) is 0 Å². The van der Waals surface area contributed by atoms with Gasteiger partial charge in [0, 0.05) is 35.4 Å². The monoisotopic (exact) mass is 284 g/mol. The molecule has 0 aliphatic carbocycles. The maximum absolute atomic E-state index is 11.8. The average molecular weight is 285 g/mol. The Morgan fingerprint density at radius 3 is 3.00 bits per heavy atom. The Labute approximate surface area is 101 Å². The van der Waals surface area contributed by atoms with Crippen molar-refractivity contribution in [2.45, 2.75) is 13.5 Å². The summed E-state index contributed by atoms with van der Waals surface area (Å²) in [5.41, 5.74) is 1.51. The summed E-state index contributed by atoms with van der Waals surface area (Å²) in [6.45, 7) is 3.10. The maximum atomic E-state index is 11.8. The third-order valence-electron chi connectivity index (χ3n) is 2.43. The van der Waals surface area contributed by atoms with Crippen LogP contribution in [0.2, 0.25) is 0 Å². The van der Waals surface area contributed by atoms with Crippen molar-refractivity contribution in [3.05, 3.63) is 32.8 Å². The number of ether oxygens (including phenoxy) is 1. The highest BCUT2D eigenvalue weighted by Gasteiger charge is 2.09. The first kappa shape index (κ1) is 11.4. The second kappa shape index (κ2) is 4.43. The third-order valence-corrected chi connectivity index (χ3v) is 3.07. The highest BCUT2D eigenvalue weighted by Crippen LogP contribution is 2.22. The molecule has 86 valence electrons. The number of halogens is 1. The zero-order valence-corrected chi connectivity index (χ0v) is 10.8. The SMILES string of the molecule is CCOCc1cc2c(Br)cn(C)c(=O)c2[nH]1. The zero-order chi connectivity index (χ0) is 11.7. The number of rotatable bonds is 3. The van der Waals surface area contributed by atoms with Gasteiger partial charge in [0.05, 0.1) is 6.61 Å². The maximum Gasteiger partial charge on any atom is 0.274 e. The third kappa shape index (κ3) is 1.92. The Balaban J connectivity index is 2.56. The Morgan fingerprint density at radius 2 is 2.31 bits per heavy atom. The fourth-order valence-electron chi connectivity index (χ4n) is 1.63. The lowest BCUT2D eigenvalue weighted by Crippen LogP contribution is -2.16. The molecule has 0 aliphatic heterocycles. The first-order valence-corrected chi connectivity index (χ1v) is 5.87. The van der Waals surface area contributed by atoms with Crippen molar-refractivity contribution >= 4 is 26.8 Å². The molecular formula is C11H13BrN2O2. The molecule has 2 aromatic rings. The van der Waals surface area contributed by atoms with Crippen molar-refractivity contribution in [3.8, 4) is 0 Å². The van der Waals surface area contributed by atoms with Crippen molar-refractivity contribution in [1.82, 2.24) is 9.55 Å². The van der Waals surface area contributed by atoms with E-state index in [1.807, 2.05) is 13.0 Å². The zero-order valence-electron chi connectivity index (χ0n) is 9.21. The molecule has 0 fully saturated rings. The van der Waals surface area contributed by atoms with Crippen LogP contribution in [0.4, 0.5) is 0 Å². The first-order valence-electron chi connectivity index (χ1n) is 5.08. The normalized spacial score (nSPS) is 11.2. The molecule has 5 heteroatoms. The van der Waals surface area contributed by atoms with E-state index in [2.05, 4.69) is 20.9 Å². The summed E-state index contributed by atoms with van der Waals surface area (Å²) in [5, 5.41) is 0.901. The number of hydrogen-bond donors (Lipinski definition) is 1. The predicted molar refractivity (Wildman–Crippen MR) is 66.6 cm³/mol. The number of nitrogens with one attached hydrogen (secondary N) is 1. The van der Waals surface area contributed by atoms with Crippen LogP contribution in [0.15, 0.2) is 21.5 Å². The summed E-state index contributed by atoms with van der Waals surface area (Å²) < 4.78 is 7.76. The van der Waals surface area contributed by atoms with Crippen molar-refractivity contribution in [2.24, 2.45) is 7.05 Å². The highest BCUT2D eigenvalue weighted by atomic mass is 79.9. The fraction of sp³-hybridized carbons (Fsp3) is 0.364. The van der Waals surface area contributed by atoms with Gasteiger partial charge >= 0.3 is 0 Å². The van der Waals surface area contributed by atoms with Gasteiger partial charge in [0.15, 0.2) is 0 Å². The summed E-state index contributed by atoms with van der Waals surface area (Å²) >= 11 is 3.44. The number of pyridine rings is 1. The predicted octanol–water partition coefficient (Wildman–Crippen LogP) is 2.17. The number of H-pyrrole nitrogens is 1. The Morgan fingerprint density at radius 1 is 1.56 bits per heavy atom. The standard InChI is InChI=1S/C11H13BrN2O2/c1-3-16-6-7-4-8-9(12)5-14(2)11(15)10(8)13-7/h4-5,13H,3,6H2,1-2H3. The molecule has 2 rings (SSSR count). The molecule has 16 heavy (non-hydrogen) atoms. The summed E-state index contributed by atoms with van der Waals surface area (Å²) in [6.07, 6.45) is 1.77. The number of aromatic amines is 1. The van der Waals surface area contributed by atoms with Crippen molar-refractivity contribution in [2.75, 3.05) is 6.61 Å². The van der Waals surface area contributed by atoms with E-state index in [0.29, 0.717) is 18.7 Å². The second-order valence-corrected chi connectivity index (χ2v) is 4.47. The second-order valence-electron chi connectivity index (χ2n) is 3.61. The molecule has 2 heterocycles. The minimum absolute atomic E-state index is 0.0269. The van der Waals surface area contributed by atoms with Gasteiger partial charge < -0.3 is 14.3 Å². The van der Waals surface area contributed by atoms with Gasteiger partial charge in [0.25, 0.3) is 5.56 Å². The van der Waals surface area contributed by atoms with Crippen LogP contribution >= 0.6 is 15.9 Å². The van der Waals surface area contributed by atoms with Gasteiger partial charge in [-0.25, -0.2) is 0 Å². The summed E-state index contributed by atoms with van der Waals surface area (Å²) in [4.78, 5) is 14.9. The van der Waals surface area contributed by atoms with Gasteiger partial charge in [-0.05, 0) is 28.9 Å². The van der Waals surface area contributed by atoms with E-state index in [1.54, 1.807) is 17.8 Å². The lowest BCUT2D eigenvalue weighted by Gasteiger charge is -1.98. The lowest BCUT2D eigenvalue weighted by molar-refractivity contribution is 0.132. The highest BCUT2D eigenvalue weighted by molar-refractivity contribution is 9.10. The van der Waals surface area contributed by atoms with Crippen LogP contribution in [0, 0.1) is 0 Å². The van der Waals surface area contributed by atoms with Crippen LogP contribution in [-0.2, 0) is 18.4 Å². The van der Waals surface area contributed by atoms with Crippen molar-refractivity contribution in [1.29, 1.82) is 0 Å². The van der Waals surface area contributed by atoms with E-state index >= 15 is 0 Å². The van der Waals surface area contributed by atoms with E-state index in [9.17, 15) is 4.79 Å². The Bertz CT molecular complexity index is 571. The van der Waals surface area contributed by atoms with Gasteiger partial charge in [-0.3, -0.25) is 4.79 Å². The van der Waals surface area contributed by atoms with Crippen LogP contribution in [-0.4, -0.2) is 16.2 Å². The molecule has 0 amide bonds. The molecule has 4 nitrogen and oxygen atoms in total. The fourth-order valence-corrected chi connectivity index (χ4v) is 2.25. The molecule has 0 spiro atoms. The summed E-state index contributed by atoms with van der Waals surface area (Å²) in [7, 11) is 1.73. The molecule has 0 unspecified atom stereocenters. The van der Waals surface area contributed by atoms with E-state index in [1.165, 1.54) is 0 Å². The van der Waals surface area contributed by atoms with Gasteiger partial charge in [0.1, 0.15) is 5.52 Å². The molecule has 0 aliphatic rings. The molecule has 0 atom stereocenters. The minimum atomic E-state index is -0.0269. The van der Waals surface area contributed by atoms with Crippen LogP contribution in [0.25, 0.3) is 10.9 Å². The van der Waals surface area contributed by atoms with Gasteiger partial charge in [-0.15, -0.1) is 0 Å². The quantitative estimate of drug-likeness (QED) is 0.939. The van der Waals surface area contributed by atoms with E-state index in [4.69, 9.17) is 4.74 Å². The van der Waals surface area contributed by atoms with Crippen molar-refractivity contribution < 1.29 is 4.74 Å². The lowest BCUT2D eigenvalue weighted by atomic mass is 10.3. The summed E-state index contributed by atoms with van der Waals surface area (Å²) in [5.74, 6) is 0. The van der Waals surface area contributed by atoms with Crippen LogP contribution in [0.3, 0.4) is 0 Å². The molecule has 0 bridgehead atoms. The van der Waals surface area contributed by atoms with Gasteiger partial charge in [-0.2, -0.15) is 0 Å². The molecule has 0 saturated carbocycles. The molecule has 2 aromatic heterocycles. The number of aromatic nitrogens is 2. The number of nitrogens with zero attached hydrogens (tertiary/aromatic N) is 1. The van der Waals surface area contributed by atoms with E-state index in [0.717, 1.165) is 15.6 Å². The Kier molecular flexibility index (Phi) is 3.16. The van der Waals surface area contributed by atoms with Gasteiger partial charge in [-0.1, -0.05) is 0 Å². The number of hydrogen-bond acceptors (Lipinski definition) is 2. The van der Waals surface area contributed by atoms with Crippen molar-refractivity contribution in [3.63, 3.8) is 0 Å². The number of fused-ring (bicyclic) bond motifs is 1. The molecular weight excluding hydrogens is 272 g/mol. The van der Waals surface area contributed by atoms with Crippen LogP contribution < -0.4 is 5.56 Å². The Hall–Kier alpha value is -1.07. The average Bonchev–Trinajstić information content (AvgIpc) is 2.68.